The van der Waals surface area contributed by atoms with Crippen molar-refractivity contribution in [2.45, 2.75) is 25.5 Å². The van der Waals surface area contributed by atoms with Gasteiger partial charge >= 0.3 is 0 Å². The summed E-state index contributed by atoms with van der Waals surface area (Å²) in [5.74, 6) is 0.967. The zero-order valence-electron chi connectivity index (χ0n) is 15.8. The van der Waals surface area contributed by atoms with Crippen LogP contribution in [0.25, 0.3) is 11.4 Å². The number of allylic oxidation sites excluding steroid dienone is 1. The highest BCUT2D eigenvalue weighted by atomic mass is 127. The first kappa shape index (κ1) is 20.6. The zero-order chi connectivity index (χ0) is 20.1. The van der Waals surface area contributed by atoms with Crippen molar-refractivity contribution in [3.8, 4) is 11.4 Å². The molecule has 144 valence electrons. The Balaban J connectivity index is 1.73. The minimum atomic E-state index is -0.0631. The molecule has 0 aliphatic carbocycles. The first-order valence-electron chi connectivity index (χ1n) is 8.78. The number of aromatic nitrogens is 3. The summed E-state index contributed by atoms with van der Waals surface area (Å²) < 4.78 is 3.13. The number of hydrogen-bond donors (Lipinski definition) is 1. The van der Waals surface area contributed by atoms with Crippen LogP contribution in [0.15, 0.2) is 60.3 Å². The number of hydrogen-bond acceptors (Lipinski definition) is 4. The lowest BCUT2D eigenvalue weighted by atomic mass is 10.1. The second-order valence-corrected chi connectivity index (χ2v) is 8.51. The van der Waals surface area contributed by atoms with Crippen LogP contribution in [-0.2, 0) is 11.3 Å². The lowest BCUT2D eigenvalue weighted by molar-refractivity contribution is -0.113. The van der Waals surface area contributed by atoms with E-state index < -0.39 is 0 Å². The Morgan fingerprint density at radius 1 is 1.21 bits per heavy atom. The number of carbonyl (C=O) groups is 1. The number of nitrogens with zero attached hydrogens (tertiary/aromatic N) is 3. The van der Waals surface area contributed by atoms with Crippen molar-refractivity contribution in [1.82, 2.24) is 14.8 Å². The summed E-state index contributed by atoms with van der Waals surface area (Å²) in [6.07, 6.45) is 1.80. The molecule has 0 saturated carbocycles. The van der Waals surface area contributed by atoms with Crippen molar-refractivity contribution in [3.63, 3.8) is 0 Å². The molecular formula is C21H21IN4OS. The first-order chi connectivity index (χ1) is 13.5. The third-order valence-corrected chi connectivity index (χ3v) is 5.74. The summed E-state index contributed by atoms with van der Waals surface area (Å²) in [5, 5.41) is 12.3. The van der Waals surface area contributed by atoms with E-state index in [1.54, 1.807) is 6.08 Å². The molecule has 1 amide bonds. The van der Waals surface area contributed by atoms with Crippen LogP contribution in [0.5, 0.6) is 0 Å². The van der Waals surface area contributed by atoms with Crippen LogP contribution < -0.4 is 5.32 Å². The van der Waals surface area contributed by atoms with Gasteiger partial charge in [0.25, 0.3) is 0 Å². The van der Waals surface area contributed by atoms with Crippen molar-refractivity contribution in [2.24, 2.45) is 0 Å². The van der Waals surface area contributed by atoms with Gasteiger partial charge in [0.2, 0.25) is 5.91 Å². The fourth-order valence-electron chi connectivity index (χ4n) is 2.90. The van der Waals surface area contributed by atoms with Gasteiger partial charge in [0, 0.05) is 21.4 Å². The highest BCUT2D eigenvalue weighted by Crippen LogP contribution is 2.26. The van der Waals surface area contributed by atoms with Crippen molar-refractivity contribution >= 4 is 45.9 Å². The van der Waals surface area contributed by atoms with E-state index in [0.717, 1.165) is 31.8 Å². The second kappa shape index (κ2) is 9.38. The molecule has 1 heterocycles. The molecule has 0 spiro atoms. The lowest BCUT2D eigenvalue weighted by Gasteiger charge is -2.12. The monoisotopic (exact) mass is 504 g/mol. The van der Waals surface area contributed by atoms with Crippen LogP contribution in [0, 0.1) is 17.4 Å². The summed E-state index contributed by atoms with van der Waals surface area (Å²) in [4.78, 5) is 12.5. The highest BCUT2D eigenvalue weighted by molar-refractivity contribution is 14.1. The predicted octanol–water partition coefficient (Wildman–Crippen LogP) is 5.08. The second-order valence-electron chi connectivity index (χ2n) is 6.32. The minimum absolute atomic E-state index is 0.0631. The quantitative estimate of drug-likeness (QED) is 0.277. The van der Waals surface area contributed by atoms with Crippen LogP contribution >= 0.6 is 34.4 Å². The molecule has 0 saturated heterocycles. The van der Waals surface area contributed by atoms with Crippen molar-refractivity contribution in [3.05, 3.63) is 69.8 Å². The number of thioether (sulfide) groups is 1. The highest BCUT2D eigenvalue weighted by Gasteiger charge is 2.15. The van der Waals surface area contributed by atoms with Gasteiger partial charge < -0.3 is 5.32 Å². The minimum Gasteiger partial charge on any atom is -0.325 e. The zero-order valence-corrected chi connectivity index (χ0v) is 18.8. The van der Waals surface area contributed by atoms with E-state index in [0.29, 0.717) is 11.7 Å². The van der Waals surface area contributed by atoms with E-state index in [4.69, 9.17) is 0 Å². The molecule has 0 radical (unpaired) electrons. The van der Waals surface area contributed by atoms with E-state index in [-0.39, 0.29) is 11.7 Å². The van der Waals surface area contributed by atoms with Crippen LogP contribution in [-0.4, -0.2) is 26.4 Å². The molecule has 1 N–H and O–H groups in total. The molecule has 0 aliphatic heterocycles. The topological polar surface area (TPSA) is 59.8 Å². The Morgan fingerprint density at radius 3 is 2.54 bits per heavy atom. The van der Waals surface area contributed by atoms with Crippen molar-refractivity contribution in [1.29, 1.82) is 0 Å². The molecule has 2 aromatic carbocycles. The molecule has 0 aliphatic rings. The lowest BCUT2D eigenvalue weighted by Crippen LogP contribution is -2.16. The Bertz CT molecular complexity index is 978. The molecule has 28 heavy (non-hydrogen) atoms. The number of halogens is 1. The van der Waals surface area contributed by atoms with Crippen LogP contribution in [0.4, 0.5) is 5.69 Å². The predicted molar refractivity (Wildman–Crippen MR) is 124 cm³/mol. The molecule has 1 aromatic heterocycles. The normalized spacial score (nSPS) is 10.7. The Hall–Kier alpha value is -2.13. The molecule has 0 bridgehead atoms. The van der Waals surface area contributed by atoms with Gasteiger partial charge in [-0.1, -0.05) is 48.2 Å². The maximum atomic E-state index is 12.5. The number of benzene rings is 2. The van der Waals surface area contributed by atoms with Crippen LogP contribution in [0.3, 0.4) is 0 Å². The van der Waals surface area contributed by atoms with Gasteiger partial charge in [-0.2, -0.15) is 0 Å². The fourth-order valence-corrected chi connectivity index (χ4v) is 4.59. The molecule has 3 rings (SSSR count). The van der Waals surface area contributed by atoms with Gasteiger partial charge in [0.05, 0.1) is 5.75 Å². The molecule has 3 aromatic rings. The average molecular weight is 504 g/mol. The van der Waals surface area contributed by atoms with Crippen molar-refractivity contribution in [2.75, 3.05) is 11.1 Å². The van der Waals surface area contributed by atoms with E-state index >= 15 is 0 Å². The van der Waals surface area contributed by atoms with Crippen LogP contribution in [0.2, 0.25) is 0 Å². The van der Waals surface area contributed by atoms with Gasteiger partial charge in [-0.05, 0) is 59.7 Å². The standard InChI is InChI=1S/C21H21IN4OS/c1-4-10-26-20(16-8-6-5-7-9-16)24-25-21(26)28-13-18(27)23-19-14(2)11-17(22)12-15(19)3/h4-9,11-12H,1,10,13H2,2-3H3,(H,23,27). The number of amides is 1. The maximum absolute atomic E-state index is 12.5. The van der Waals surface area contributed by atoms with E-state index in [9.17, 15) is 4.79 Å². The number of rotatable bonds is 7. The number of aryl methyl sites for hydroxylation is 2. The largest absolute Gasteiger partial charge is 0.325 e. The summed E-state index contributed by atoms with van der Waals surface area (Å²) in [6, 6.07) is 14.0. The number of carbonyl (C=O) groups excluding carboxylic acids is 1. The SMILES string of the molecule is C=CCn1c(SCC(=O)Nc2c(C)cc(I)cc2C)nnc1-c1ccccc1. The molecule has 5 nitrogen and oxygen atoms in total. The maximum Gasteiger partial charge on any atom is 0.234 e. The number of anilines is 1. The van der Waals surface area contributed by atoms with E-state index in [2.05, 4.69) is 56.8 Å². The third kappa shape index (κ3) is 4.82. The first-order valence-corrected chi connectivity index (χ1v) is 10.8. The fraction of sp³-hybridized carbons (Fsp3) is 0.190. The van der Waals surface area contributed by atoms with E-state index in [1.807, 2.05) is 48.7 Å². The van der Waals surface area contributed by atoms with Crippen molar-refractivity contribution < 1.29 is 4.79 Å². The molecule has 0 fully saturated rings. The van der Waals surface area contributed by atoms with Gasteiger partial charge in [-0.15, -0.1) is 16.8 Å². The Kier molecular flexibility index (Phi) is 6.90. The number of nitrogens with one attached hydrogen (secondary N) is 1. The Morgan fingerprint density at radius 2 is 1.89 bits per heavy atom. The molecular weight excluding hydrogens is 483 g/mol. The summed E-state index contributed by atoms with van der Waals surface area (Å²) >= 11 is 3.65. The summed E-state index contributed by atoms with van der Waals surface area (Å²) in [5.41, 5.74) is 3.98. The summed E-state index contributed by atoms with van der Waals surface area (Å²) in [6.45, 7) is 8.41. The van der Waals surface area contributed by atoms with Gasteiger partial charge in [0.15, 0.2) is 11.0 Å². The van der Waals surface area contributed by atoms with Gasteiger partial charge in [0.1, 0.15) is 0 Å². The average Bonchev–Trinajstić information content (AvgIpc) is 3.07. The molecule has 0 atom stereocenters. The Labute approximate surface area is 182 Å². The molecule has 7 heteroatoms. The van der Waals surface area contributed by atoms with Gasteiger partial charge in [-0.25, -0.2) is 0 Å². The van der Waals surface area contributed by atoms with E-state index in [1.165, 1.54) is 11.8 Å². The van der Waals surface area contributed by atoms with Gasteiger partial charge in [-0.3, -0.25) is 9.36 Å². The van der Waals surface area contributed by atoms with Crippen LogP contribution in [0.1, 0.15) is 11.1 Å². The summed E-state index contributed by atoms with van der Waals surface area (Å²) in [7, 11) is 0. The smallest absolute Gasteiger partial charge is 0.234 e. The third-order valence-electron chi connectivity index (χ3n) is 4.15. The molecule has 0 unspecified atom stereocenters.